The zero-order valence-corrected chi connectivity index (χ0v) is 21.3. The predicted octanol–water partition coefficient (Wildman–Crippen LogP) is 5.37. The van der Waals surface area contributed by atoms with Gasteiger partial charge in [-0.3, -0.25) is 9.69 Å². The van der Waals surface area contributed by atoms with Gasteiger partial charge in [-0.15, -0.1) is 11.3 Å². The molecule has 1 aromatic heterocycles. The molecule has 0 bridgehead atoms. The highest BCUT2D eigenvalue weighted by atomic mass is 32.1. The zero-order valence-electron chi connectivity index (χ0n) is 20.5. The maximum Gasteiger partial charge on any atom is 0.273 e. The summed E-state index contributed by atoms with van der Waals surface area (Å²) in [6, 6.07) is 27.0. The Bertz CT molecular complexity index is 1260. The standard InChI is InChI=1S/C29H29N3O3S/c1-34-25-15-9-14-23(27(25)35-2)28-30-24(20-36-28)29(33)32-18-16-31(17-19-32)26(21-10-5-3-6-11-21)22-12-7-4-8-13-22/h3-15,20,26H,16-19H2,1-2H3. The highest BCUT2D eigenvalue weighted by Crippen LogP contribution is 2.39. The molecule has 0 radical (unpaired) electrons. The number of methoxy groups -OCH3 is 2. The third-order valence-corrected chi connectivity index (χ3v) is 7.43. The fourth-order valence-corrected chi connectivity index (χ4v) is 5.60. The second-order valence-corrected chi connectivity index (χ2v) is 9.49. The lowest BCUT2D eigenvalue weighted by Gasteiger charge is -2.39. The van der Waals surface area contributed by atoms with Gasteiger partial charge in [-0.25, -0.2) is 4.98 Å². The van der Waals surface area contributed by atoms with Gasteiger partial charge in [0.15, 0.2) is 11.5 Å². The molecular formula is C29H29N3O3S. The molecule has 0 unspecified atom stereocenters. The van der Waals surface area contributed by atoms with E-state index in [2.05, 4.69) is 58.4 Å². The number of piperazine rings is 1. The summed E-state index contributed by atoms with van der Waals surface area (Å²) in [5.74, 6) is 1.23. The summed E-state index contributed by atoms with van der Waals surface area (Å²) in [6.45, 7) is 2.90. The SMILES string of the molecule is COc1cccc(-c2nc(C(=O)N3CCN(C(c4ccccc4)c4ccccc4)CC3)cs2)c1OC. The smallest absolute Gasteiger partial charge is 0.273 e. The van der Waals surface area contributed by atoms with Crippen molar-refractivity contribution < 1.29 is 14.3 Å². The quantitative estimate of drug-likeness (QED) is 0.342. The van der Waals surface area contributed by atoms with E-state index in [1.807, 2.05) is 40.6 Å². The van der Waals surface area contributed by atoms with E-state index >= 15 is 0 Å². The molecule has 5 rings (SSSR count). The average molecular weight is 500 g/mol. The zero-order chi connectivity index (χ0) is 24.9. The Morgan fingerprint density at radius 3 is 2.06 bits per heavy atom. The van der Waals surface area contributed by atoms with Crippen LogP contribution in [0, 0.1) is 0 Å². The maximum absolute atomic E-state index is 13.3. The van der Waals surface area contributed by atoms with Crippen LogP contribution in [0.4, 0.5) is 0 Å². The number of hydrogen-bond donors (Lipinski definition) is 0. The molecule has 0 spiro atoms. The van der Waals surface area contributed by atoms with Crippen LogP contribution in [0.5, 0.6) is 11.5 Å². The first-order valence-corrected chi connectivity index (χ1v) is 12.9. The fourth-order valence-electron chi connectivity index (χ4n) is 4.78. The van der Waals surface area contributed by atoms with Crippen molar-refractivity contribution in [1.82, 2.24) is 14.8 Å². The molecule has 36 heavy (non-hydrogen) atoms. The minimum absolute atomic E-state index is 0.0324. The molecule has 184 valence electrons. The summed E-state index contributed by atoms with van der Waals surface area (Å²) in [5.41, 5.74) is 3.81. The molecular weight excluding hydrogens is 470 g/mol. The number of carbonyl (C=O) groups excluding carboxylic acids is 1. The van der Waals surface area contributed by atoms with Gasteiger partial charge in [0.1, 0.15) is 10.7 Å². The van der Waals surface area contributed by atoms with Crippen molar-refractivity contribution in [3.05, 3.63) is 101 Å². The Morgan fingerprint density at radius 2 is 1.47 bits per heavy atom. The summed E-state index contributed by atoms with van der Waals surface area (Å²) in [5, 5.41) is 2.57. The summed E-state index contributed by atoms with van der Waals surface area (Å²) in [7, 11) is 3.22. The summed E-state index contributed by atoms with van der Waals surface area (Å²) < 4.78 is 11.0. The highest BCUT2D eigenvalue weighted by molar-refractivity contribution is 7.13. The molecule has 0 saturated carbocycles. The van der Waals surface area contributed by atoms with Crippen LogP contribution in [0.1, 0.15) is 27.7 Å². The third-order valence-electron chi connectivity index (χ3n) is 6.55. The van der Waals surface area contributed by atoms with Gasteiger partial charge in [0.25, 0.3) is 5.91 Å². The topological polar surface area (TPSA) is 54.9 Å². The van der Waals surface area contributed by atoms with Crippen molar-refractivity contribution in [1.29, 1.82) is 0 Å². The number of amides is 1. The first-order chi connectivity index (χ1) is 17.7. The van der Waals surface area contributed by atoms with Gasteiger partial charge < -0.3 is 14.4 Å². The Hall–Kier alpha value is -3.68. The van der Waals surface area contributed by atoms with Crippen LogP contribution in [-0.2, 0) is 0 Å². The van der Waals surface area contributed by atoms with E-state index < -0.39 is 0 Å². The Balaban J connectivity index is 1.31. The van der Waals surface area contributed by atoms with E-state index in [4.69, 9.17) is 9.47 Å². The van der Waals surface area contributed by atoms with E-state index in [0.717, 1.165) is 23.7 Å². The van der Waals surface area contributed by atoms with Crippen LogP contribution >= 0.6 is 11.3 Å². The molecule has 6 nitrogen and oxygen atoms in total. The number of para-hydroxylation sites is 1. The molecule has 0 atom stereocenters. The maximum atomic E-state index is 13.3. The number of aromatic nitrogens is 1. The van der Waals surface area contributed by atoms with Crippen LogP contribution < -0.4 is 9.47 Å². The fraction of sp³-hybridized carbons (Fsp3) is 0.241. The predicted molar refractivity (Wildman–Crippen MR) is 143 cm³/mol. The van der Waals surface area contributed by atoms with Crippen molar-refractivity contribution in [3.63, 3.8) is 0 Å². The van der Waals surface area contributed by atoms with Crippen LogP contribution in [0.3, 0.4) is 0 Å². The number of hydrogen-bond acceptors (Lipinski definition) is 6. The van der Waals surface area contributed by atoms with Crippen LogP contribution in [0.2, 0.25) is 0 Å². The van der Waals surface area contributed by atoms with Crippen LogP contribution in [0.25, 0.3) is 10.6 Å². The van der Waals surface area contributed by atoms with Gasteiger partial charge >= 0.3 is 0 Å². The van der Waals surface area contributed by atoms with Crippen LogP contribution in [-0.4, -0.2) is 61.1 Å². The second kappa shape index (κ2) is 10.9. The molecule has 1 saturated heterocycles. The third kappa shape index (κ3) is 4.85. The number of carbonyl (C=O) groups is 1. The minimum atomic E-state index is -0.0324. The van der Waals surface area contributed by atoms with Gasteiger partial charge in [0.2, 0.25) is 0 Å². The molecule has 3 aromatic carbocycles. The molecule has 4 aromatic rings. The summed E-state index contributed by atoms with van der Waals surface area (Å²) in [4.78, 5) is 22.4. The molecule has 0 N–H and O–H groups in total. The molecule has 1 aliphatic rings. The Labute approximate surface area is 215 Å². The molecule has 7 heteroatoms. The van der Waals surface area contributed by atoms with Crippen molar-refractivity contribution in [2.75, 3.05) is 40.4 Å². The highest BCUT2D eigenvalue weighted by Gasteiger charge is 2.29. The van der Waals surface area contributed by atoms with Gasteiger partial charge in [0, 0.05) is 31.6 Å². The largest absolute Gasteiger partial charge is 0.493 e. The van der Waals surface area contributed by atoms with Crippen molar-refractivity contribution >= 4 is 17.2 Å². The van der Waals surface area contributed by atoms with E-state index in [1.54, 1.807) is 14.2 Å². The number of benzene rings is 3. The normalized spacial score (nSPS) is 14.1. The second-order valence-electron chi connectivity index (χ2n) is 8.63. The first-order valence-electron chi connectivity index (χ1n) is 12.0. The lowest BCUT2D eigenvalue weighted by atomic mass is 9.96. The molecule has 2 heterocycles. The number of thiazole rings is 1. The van der Waals surface area contributed by atoms with Gasteiger partial charge in [-0.05, 0) is 23.3 Å². The summed E-state index contributed by atoms with van der Waals surface area (Å²) >= 11 is 1.44. The lowest BCUT2D eigenvalue weighted by Crippen LogP contribution is -2.50. The Morgan fingerprint density at radius 1 is 0.833 bits per heavy atom. The van der Waals surface area contributed by atoms with Gasteiger partial charge in [-0.2, -0.15) is 0 Å². The van der Waals surface area contributed by atoms with Crippen molar-refractivity contribution in [3.8, 4) is 22.1 Å². The van der Waals surface area contributed by atoms with Crippen LogP contribution in [0.15, 0.2) is 84.2 Å². The van der Waals surface area contributed by atoms with Crippen molar-refractivity contribution in [2.24, 2.45) is 0 Å². The molecule has 1 amide bonds. The van der Waals surface area contributed by atoms with Gasteiger partial charge in [0.05, 0.1) is 25.8 Å². The molecule has 1 fully saturated rings. The lowest BCUT2D eigenvalue weighted by molar-refractivity contribution is 0.0592. The number of nitrogens with zero attached hydrogens (tertiary/aromatic N) is 3. The minimum Gasteiger partial charge on any atom is -0.493 e. The average Bonchev–Trinajstić information content (AvgIpc) is 3.44. The number of rotatable bonds is 7. The summed E-state index contributed by atoms with van der Waals surface area (Å²) in [6.07, 6.45) is 0. The van der Waals surface area contributed by atoms with Crippen molar-refractivity contribution in [2.45, 2.75) is 6.04 Å². The molecule has 0 aliphatic carbocycles. The van der Waals surface area contributed by atoms with E-state index in [1.165, 1.54) is 22.5 Å². The molecule has 1 aliphatic heterocycles. The van der Waals surface area contributed by atoms with E-state index in [-0.39, 0.29) is 11.9 Å². The van der Waals surface area contributed by atoms with E-state index in [0.29, 0.717) is 30.3 Å². The first kappa shape index (κ1) is 24.0. The van der Waals surface area contributed by atoms with E-state index in [9.17, 15) is 4.79 Å². The monoisotopic (exact) mass is 499 g/mol. The van der Waals surface area contributed by atoms with Gasteiger partial charge in [-0.1, -0.05) is 66.7 Å². The Kier molecular flexibility index (Phi) is 7.30. The number of ether oxygens (including phenoxy) is 2.